The third-order valence-corrected chi connectivity index (χ3v) is 6.35. The van der Waals surface area contributed by atoms with E-state index in [2.05, 4.69) is 19.7 Å². The van der Waals surface area contributed by atoms with Crippen molar-refractivity contribution < 1.29 is 13.5 Å². The Bertz CT molecular complexity index is 1110. The standard InChI is InChI=1S/C19H23N5O3S2/c1-12-4-5-13(29(26,27)23-7-6-19(2,3)25)8-14(12)15-9-21-18(20)17(24-15)16-10-28-11-22-16/h4-5,8-11,23,25H,6-7H2,1-3H3,(H2,20,21). The van der Waals surface area contributed by atoms with Gasteiger partial charge < -0.3 is 10.8 Å². The molecule has 2 heterocycles. The van der Waals surface area contributed by atoms with Gasteiger partial charge in [0.25, 0.3) is 0 Å². The summed E-state index contributed by atoms with van der Waals surface area (Å²) in [7, 11) is -3.74. The highest BCUT2D eigenvalue weighted by atomic mass is 32.2. The number of nitrogen functional groups attached to an aromatic ring is 1. The van der Waals surface area contributed by atoms with Gasteiger partial charge in [-0.2, -0.15) is 0 Å². The van der Waals surface area contributed by atoms with E-state index in [0.29, 0.717) is 29.1 Å². The highest BCUT2D eigenvalue weighted by Crippen LogP contribution is 2.29. The first-order valence-electron chi connectivity index (χ1n) is 8.91. The van der Waals surface area contributed by atoms with Crippen molar-refractivity contribution in [3.8, 4) is 22.6 Å². The van der Waals surface area contributed by atoms with E-state index in [4.69, 9.17) is 5.73 Å². The lowest BCUT2D eigenvalue weighted by Gasteiger charge is -2.17. The highest BCUT2D eigenvalue weighted by molar-refractivity contribution is 7.89. The molecule has 0 aliphatic heterocycles. The van der Waals surface area contributed by atoms with Gasteiger partial charge in [0.05, 0.1) is 27.9 Å². The lowest BCUT2D eigenvalue weighted by atomic mass is 10.1. The molecule has 0 fully saturated rings. The average Bonchev–Trinajstić information content (AvgIpc) is 3.15. The first kappa shape index (κ1) is 21.3. The van der Waals surface area contributed by atoms with Gasteiger partial charge in [0.1, 0.15) is 11.4 Å². The molecule has 0 unspecified atom stereocenters. The second kappa shape index (κ2) is 8.15. The largest absolute Gasteiger partial charge is 0.390 e. The predicted molar refractivity (Wildman–Crippen MR) is 114 cm³/mol. The third-order valence-electron chi connectivity index (χ3n) is 4.30. The molecule has 0 spiro atoms. The Morgan fingerprint density at radius 3 is 2.66 bits per heavy atom. The number of hydrogen-bond acceptors (Lipinski definition) is 8. The van der Waals surface area contributed by atoms with Crippen LogP contribution in [0.3, 0.4) is 0 Å². The SMILES string of the molecule is Cc1ccc(S(=O)(=O)NCCC(C)(C)O)cc1-c1cnc(N)c(-c2cscn2)n1. The number of anilines is 1. The summed E-state index contributed by atoms with van der Waals surface area (Å²) in [5.74, 6) is 0.259. The van der Waals surface area contributed by atoms with Crippen LogP contribution in [0.5, 0.6) is 0 Å². The third kappa shape index (κ3) is 5.15. The van der Waals surface area contributed by atoms with Gasteiger partial charge in [0.15, 0.2) is 5.82 Å². The van der Waals surface area contributed by atoms with Crippen molar-refractivity contribution in [3.63, 3.8) is 0 Å². The van der Waals surface area contributed by atoms with Crippen molar-refractivity contribution >= 4 is 27.2 Å². The fourth-order valence-corrected chi connectivity index (χ4v) is 4.26. The first-order valence-corrected chi connectivity index (χ1v) is 11.3. The number of thiazole rings is 1. The summed E-state index contributed by atoms with van der Waals surface area (Å²) >= 11 is 1.42. The summed E-state index contributed by atoms with van der Waals surface area (Å²) in [4.78, 5) is 13.1. The van der Waals surface area contributed by atoms with Crippen LogP contribution in [-0.4, -0.2) is 40.6 Å². The number of nitrogens with two attached hydrogens (primary N) is 1. The number of hydrogen-bond donors (Lipinski definition) is 3. The van der Waals surface area contributed by atoms with Crippen molar-refractivity contribution in [2.24, 2.45) is 0 Å². The Morgan fingerprint density at radius 1 is 1.24 bits per heavy atom. The van der Waals surface area contributed by atoms with Crippen molar-refractivity contribution in [2.75, 3.05) is 12.3 Å². The molecule has 4 N–H and O–H groups in total. The number of nitrogens with one attached hydrogen (secondary N) is 1. The minimum Gasteiger partial charge on any atom is -0.390 e. The van der Waals surface area contributed by atoms with Crippen LogP contribution in [-0.2, 0) is 10.0 Å². The second-order valence-electron chi connectivity index (χ2n) is 7.30. The van der Waals surface area contributed by atoms with Crippen LogP contribution in [0.4, 0.5) is 5.82 Å². The zero-order valence-electron chi connectivity index (χ0n) is 16.4. The number of sulfonamides is 1. The van der Waals surface area contributed by atoms with E-state index < -0.39 is 15.6 Å². The topological polar surface area (TPSA) is 131 Å². The van der Waals surface area contributed by atoms with Crippen LogP contribution in [0, 0.1) is 6.92 Å². The van der Waals surface area contributed by atoms with Crippen molar-refractivity contribution in [1.29, 1.82) is 0 Å². The predicted octanol–water partition coefficient (Wildman–Crippen LogP) is 2.60. The molecular weight excluding hydrogens is 410 g/mol. The molecule has 0 bridgehead atoms. The maximum atomic E-state index is 12.7. The van der Waals surface area contributed by atoms with Crippen molar-refractivity contribution in [3.05, 3.63) is 40.8 Å². The van der Waals surface area contributed by atoms with Crippen LogP contribution in [0.25, 0.3) is 22.6 Å². The molecule has 2 aromatic heterocycles. The minimum absolute atomic E-state index is 0.114. The van der Waals surface area contributed by atoms with Crippen LogP contribution in [0.15, 0.2) is 40.2 Å². The molecule has 29 heavy (non-hydrogen) atoms. The van der Waals surface area contributed by atoms with E-state index >= 15 is 0 Å². The zero-order chi connectivity index (χ0) is 21.2. The lowest BCUT2D eigenvalue weighted by Crippen LogP contribution is -2.30. The Hall–Kier alpha value is -2.40. The Labute approximate surface area is 173 Å². The molecule has 3 aromatic rings. The first-order chi connectivity index (χ1) is 13.6. The molecule has 0 radical (unpaired) electrons. The van der Waals surface area contributed by atoms with Gasteiger partial charge in [-0.15, -0.1) is 11.3 Å². The summed E-state index contributed by atoms with van der Waals surface area (Å²) in [6.07, 6.45) is 1.82. The van der Waals surface area contributed by atoms with Gasteiger partial charge in [-0.25, -0.2) is 28.1 Å². The van der Waals surface area contributed by atoms with Crippen LogP contribution < -0.4 is 10.5 Å². The molecule has 0 saturated carbocycles. The molecule has 0 amide bonds. The van der Waals surface area contributed by atoms with Gasteiger partial charge in [-0.05, 0) is 44.9 Å². The van der Waals surface area contributed by atoms with Crippen LogP contribution >= 0.6 is 11.3 Å². The summed E-state index contributed by atoms with van der Waals surface area (Å²) in [5.41, 5.74) is 9.76. The van der Waals surface area contributed by atoms with E-state index in [1.54, 1.807) is 31.5 Å². The quantitative estimate of drug-likeness (QED) is 0.522. The molecule has 1 aromatic carbocycles. The number of aliphatic hydroxyl groups is 1. The molecule has 0 aliphatic rings. The average molecular weight is 434 g/mol. The van der Waals surface area contributed by atoms with E-state index in [1.807, 2.05) is 12.3 Å². The van der Waals surface area contributed by atoms with Gasteiger partial charge in [-0.3, -0.25) is 0 Å². The van der Waals surface area contributed by atoms with Crippen molar-refractivity contribution in [1.82, 2.24) is 19.7 Å². The Kier molecular flexibility index (Phi) is 5.99. The molecule has 0 saturated heterocycles. The zero-order valence-corrected chi connectivity index (χ0v) is 18.0. The van der Waals surface area contributed by atoms with Gasteiger partial charge in [0, 0.05) is 17.5 Å². The fraction of sp³-hybridized carbons (Fsp3) is 0.316. The monoisotopic (exact) mass is 433 g/mol. The maximum absolute atomic E-state index is 12.7. The Morgan fingerprint density at radius 2 is 2.00 bits per heavy atom. The minimum atomic E-state index is -3.74. The number of rotatable bonds is 7. The van der Waals surface area contributed by atoms with Crippen molar-refractivity contribution in [2.45, 2.75) is 37.7 Å². The fourth-order valence-electron chi connectivity index (χ4n) is 2.67. The van der Waals surface area contributed by atoms with Gasteiger partial charge >= 0.3 is 0 Å². The summed E-state index contributed by atoms with van der Waals surface area (Å²) in [6.45, 7) is 5.26. The van der Waals surface area contributed by atoms with E-state index in [1.165, 1.54) is 23.6 Å². The molecule has 8 nitrogen and oxygen atoms in total. The molecule has 3 rings (SSSR count). The van der Waals surface area contributed by atoms with Gasteiger partial charge in [0.2, 0.25) is 10.0 Å². The number of nitrogens with zero attached hydrogens (tertiary/aromatic N) is 3. The van der Waals surface area contributed by atoms with Crippen LogP contribution in [0.2, 0.25) is 0 Å². The normalized spacial score (nSPS) is 12.3. The molecule has 10 heteroatoms. The summed E-state index contributed by atoms with van der Waals surface area (Å²) in [5, 5.41) is 11.6. The van der Waals surface area contributed by atoms with E-state index in [-0.39, 0.29) is 17.3 Å². The Balaban J connectivity index is 1.95. The summed E-state index contributed by atoms with van der Waals surface area (Å²) < 4.78 is 27.8. The second-order valence-corrected chi connectivity index (χ2v) is 9.79. The maximum Gasteiger partial charge on any atom is 0.240 e. The number of aromatic nitrogens is 3. The lowest BCUT2D eigenvalue weighted by molar-refractivity contribution is 0.0728. The van der Waals surface area contributed by atoms with Crippen LogP contribution in [0.1, 0.15) is 25.8 Å². The smallest absolute Gasteiger partial charge is 0.240 e. The van der Waals surface area contributed by atoms with E-state index in [0.717, 1.165) is 5.56 Å². The molecule has 0 atom stereocenters. The summed E-state index contributed by atoms with van der Waals surface area (Å²) in [6, 6.07) is 4.82. The molecular formula is C19H23N5O3S2. The van der Waals surface area contributed by atoms with E-state index in [9.17, 15) is 13.5 Å². The number of benzene rings is 1. The molecule has 0 aliphatic carbocycles. The highest BCUT2D eigenvalue weighted by Gasteiger charge is 2.19. The van der Waals surface area contributed by atoms with Gasteiger partial charge in [-0.1, -0.05) is 6.07 Å². The molecule has 154 valence electrons. The number of aryl methyl sites for hydroxylation is 1.